The molecule has 3 rings (SSSR count). The highest BCUT2D eigenvalue weighted by Gasteiger charge is 2.28. The van der Waals surface area contributed by atoms with Gasteiger partial charge in [-0.05, 0) is 49.2 Å². The van der Waals surface area contributed by atoms with Crippen molar-refractivity contribution < 1.29 is 14.0 Å². The van der Waals surface area contributed by atoms with Gasteiger partial charge in [-0.2, -0.15) is 0 Å². The second-order valence-corrected chi connectivity index (χ2v) is 6.33. The number of furan rings is 1. The van der Waals surface area contributed by atoms with E-state index in [0.29, 0.717) is 36.0 Å². The average molecular weight is 347 g/mol. The first-order valence-corrected chi connectivity index (χ1v) is 8.36. The summed E-state index contributed by atoms with van der Waals surface area (Å²) in [5.41, 5.74) is 0.594. The van der Waals surface area contributed by atoms with Crippen LogP contribution in [0.25, 0.3) is 0 Å². The molecule has 1 saturated heterocycles. The fraction of sp³-hybridized carbons (Fsp3) is 0.333. The maximum Gasteiger partial charge on any atom is 0.253 e. The molecule has 0 bridgehead atoms. The standard InChI is InChI=1S/C18H19ClN2O3/c19-15-7-5-13(6-8-15)18(23)21-9-1-3-14(12-21)17(22)20-11-16-4-2-10-24-16/h2,4-8,10,14H,1,3,9,11-12H2,(H,20,22)/t14-/m0/s1. The molecule has 1 aliphatic heterocycles. The number of rotatable bonds is 4. The lowest BCUT2D eigenvalue weighted by molar-refractivity contribution is -0.126. The maximum absolute atomic E-state index is 12.6. The Balaban J connectivity index is 1.58. The van der Waals surface area contributed by atoms with E-state index in [9.17, 15) is 9.59 Å². The van der Waals surface area contributed by atoms with Crippen molar-refractivity contribution in [3.05, 3.63) is 59.0 Å². The second-order valence-electron chi connectivity index (χ2n) is 5.89. The molecule has 1 aromatic carbocycles. The normalized spacial score (nSPS) is 17.5. The third kappa shape index (κ3) is 3.97. The van der Waals surface area contributed by atoms with Gasteiger partial charge in [0.2, 0.25) is 5.91 Å². The lowest BCUT2D eigenvalue weighted by atomic mass is 9.96. The monoisotopic (exact) mass is 346 g/mol. The molecular weight excluding hydrogens is 328 g/mol. The Kier molecular flexibility index (Phi) is 5.20. The molecule has 2 amide bonds. The van der Waals surface area contributed by atoms with Crippen molar-refractivity contribution in [2.24, 2.45) is 5.92 Å². The van der Waals surface area contributed by atoms with Crippen LogP contribution in [0.3, 0.4) is 0 Å². The molecule has 0 saturated carbocycles. The first-order valence-electron chi connectivity index (χ1n) is 7.98. The molecule has 6 heteroatoms. The van der Waals surface area contributed by atoms with Crippen molar-refractivity contribution in [2.75, 3.05) is 13.1 Å². The van der Waals surface area contributed by atoms with Crippen LogP contribution in [-0.4, -0.2) is 29.8 Å². The van der Waals surface area contributed by atoms with Gasteiger partial charge in [0, 0.05) is 23.7 Å². The van der Waals surface area contributed by atoms with E-state index < -0.39 is 0 Å². The summed E-state index contributed by atoms with van der Waals surface area (Å²) in [7, 11) is 0. The van der Waals surface area contributed by atoms with Gasteiger partial charge in [-0.25, -0.2) is 0 Å². The Morgan fingerprint density at radius 1 is 1.25 bits per heavy atom. The number of carbonyl (C=O) groups is 2. The van der Waals surface area contributed by atoms with Gasteiger partial charge in [0.15, 0.2) is 0 Å². The number of nitrogens with one attached hydrogen (secondary N) is 1. The number of benzene rings is 1. The largest absolute Gasteiger partial charge is 0.467 e. The van der Waals surface area contributed by atoms with Crippen molar-refractivity contribution in [3.8, 4) is 0 Å². The van der Waals surface area contributed by atoms with Crippen LogP contribution in [0.15, 0.2) is 47.1 Å². The van der Waals surface area contributed by atoms with Gasteiger partial charge in [-0.15, -0.1) is 0 Å². The Hall–Kier alpha value is -2.27. The molecule has 1 atom stereocenters. The highest BCUT2D eigenvalue weighted by atomic mass is 35.5. The second kappa shape index (κ2) is 7.53. The summed E-state index contributed by atoms with van der Waals surface area (Å²) in [4.78, 5) is 26.6. The third-order valence-corrected chi connectivity index (χ3v) is 4.44. The number of likely N-dealkylation sites (tertiary alicyclic amines) is 1. The molecule has 24 heavy (non-hydrogen) atoms. The van der Waals surface area contributed by atoms with Crippen LogP contribution in [0.1, 0.15) is 29.0 Å². The van der Waals surface area contributed by atoms with Crippen LogP contribution in [-0.2, 0) is 11.3 Å². The molecule has 0 spiro atoms. The molecule has 2 aromatic rings. The van der Waals surface area contributed by atoms with Crippen LogP contribution >= 0.6 is 11.6 Å². The molecule has 5 nitrogen and oxygen atoms in total. The summed E-state index contributed by atoms with van der Waals surface area (Å²) in [6.45, 7) is 1.47. The third-order valence-electron chi connectivity index (χ3n) is 4.19. The van der Waals surface area contributed by atoms with E-state index in [1.807, 2.05) is 6.07 Å². The molecule has 1 N–H and O–H groups in total. The average Bonchev–Trinajstić information content (AvgIpc) is 3.13. The van der Waals surface area contributed by atoms with Crippen LogP contribution in [0.4, 0.5) is 0 Å². The predicted octanol–water partition coefficient (Wildman–Crippen LogP) is 3.10. The molecule has 0 radical (unpaired) electrons. The van der Waals surface area contributed by atoms with Crippen molar-refractivity contribution in [1.82, 2.24) is 10.2 Å². The molecule has 0 unspecified atom stereocenters. The van der Waals surface area contributed by atoms with Gasteiger partial charge in [0.05, 0.1) is 18.7 Å². The Morgan fingerprint density at radius 3 is 2.75 bits per heavy atom. The minimum Gasteiger partial charge on any atom is -0.467 e. The fourth-order valence-corrected chi connectivity index (χ4v) is 3.01. The van der Waals surface area contributed by atoms with E-state index in [-0.39, 0.29) is 17.7 Å². The number of carbonyl (C=O) groups excluding carboxylic acids is 2. The van der Waals surface area contributed by atoms with Crippen LogP contribution < -0.4 is 5.32 Å². The highest BCUT2D eigenvalue weighted by Crippen LogP contribution is 2.20. The zero-order valence-electron chi connectivity index (χ0n) is 13.2. The number of hydrogen-bond acceptors (Lipinski definition) is 3. The number of amides is 2. The highest BCUT2D eigenvalue weighted by molar-refractivity contribution is 6.30. The van der Waals surface area contributed by atoms with Gasteiger partial charge >= 0.3 is 0 Å². The van der Waals surface area contributed by atoms with E-state index in [1.54, 1.807) is 41.5 Å². The molecule has 1 fully saturated rings. The fourth-order valence-electron chi connectivity index (χ4n) is 2.88. The number of hydrogen-bond donors (Lipinski definition) is 1. The van der Waals surface area contributed by atoms with E-state index in [1.165, 1.54) is 0 Å². The van der Waals surface area contributed by atoms with Crippen molar-refractivity contribution in [3.63, 3.8) is 0 Å². The predicted molar refractivity (Wildman–Crippen MR) is 90.6 cm³/mol. The summed E-state index contributed by atoms with van der Waals surface area (Å²) < 4.78 is 5.21. The zero-order chi connectivity index (χ0) is 16.9. The summed E-state index contributed by atoms with van der Waals surface area (Å²) in [6, 6.07) is 10.4. The molecule has 126 valence electrons. The topological polar surface area (TPSA) is 62.6 Å². The maximum atomic E-state index is 12.6. The first kappa shape index (κ1) is 16.6. The van der Waals surface area contributed by atoms with E-state index in [4.69, 9.17) is 16.0 Å². The molecule has 1 aliphatic rings. The summed E-state index contributed by atoms with van der Waals surface area (Å²) >= 11 is 5.86. The summed E-state index contributed by atoms with van der Waals surface area (Å²) in [5, 5.41) is 3.47. The zero-order valence-corrected chi connectivity index (χ0v) is 14.0. The van der Waals surface area contributed by atoms with Crippen LogP contribution in [0, 0.1) is 5.92 Å². The van der Waals surface area contributed by atoms with Gasteiger partial charge in [0.1, 0.15) is 5.76 Å². The van der Waals surface area contributed by atoms with Crippen LogP contribution in [0.2, 0.25) is 5.02 Å². The van der Waals surface area contributed by atoms with Gasteiger partial charge < -0.3 is 14.6 Å². The van der Waals surface area contributed by atoms with Crippen molar-refractivity contribution in [2.45, 2.75) is 19.4 Å². The SMILES string of the molecule is O=C(NCc1ccco1)[C@H]1CCCN(C(=O)c2ccc(Cl)cc2)C1. The smallest absolute Gasteiger partial charge is 0.253 e. The van der Waals surface area contributed by atoms with E-state index in [2.05, 4.69) is 5.32 Å². The molecule has 2 heterocycles. The lowest BCUT2D eigenvalue weighted by Crippen LogP contribution is -2.45. The summed E-state index contributed by atoms with van der Waals surface area (Å²) in [6.07, 6.45) is 3.18. The van der Waals surface area contributed by atoms with E-state index in [0.717, 1.165) is 12.8 Å². The quantitative estimate of drug-likeness (QED) is 0.925. The number of nitrogens with zero attached hydrogens (tertiary/aromatic N) is 1. The lowest BCUT2D eigenvalue weighted by Gasteiger charge is -2.32. The molecule has 1 aromatic heterocycles. The van der Waals surface area contributed by atoms with Crippen molar-refractivity contribution in [1.29, 1.82) is 0 Å². The molecule has 0 aliphatic carbocycles. The minimum atomic E-state index is -0.190. The molecular formula is C18H19ClN2O3. The Labute approximate surface area is 145 Å². The minimum absolute atomic E-state index is 0.0417. The summed E-state index contributed by atoms with van der Waals surface area (Å²) in [5.74, 6) is 0.424. The first-order chi connectivity index (χ1) is 11.6. The van der Waals surface area contributed by atoms with Gasteiger partial charge in [0.25, 0.3) is 5.91 Å². The van der Waals surface area contributed by atoms with Crippen molar-refractivity contribution >= 4 is 23.4 Å². The number of halogens is 1. The van der Waals surface area contributed by atoms with Gasteiger partial charge in [-0.3, -0.25) is 9.59 Å². The van der Waals surface area contributed by atoms with Crippen LogP contribution in [0.5, 0.6) is 0 Å². The Morgan fingerprint density at radius 2 is 2.04 bits per heavy atom. The van der Waals surface area contributed by atoms with Gasteiger partial charge in [-0.1, -0.05) is 11.6 Å². The van der Waals surface area contributed by atoms with E-state index >= 15 is 0 Å². The number of piperidine rings is 1. The Bertz CT molecular complexity index is 698.